The van der Waals surface area contributed by atoms with Gasteiger partial charge in [0.25, 0.3) is 5.69 Å². The SMILES string of the molecule is CC1CN(S(=O)(=O)c2ccc(F)cc2[N+](=O)[O-])CCC1=O. The molecule has 1 aromatic carbocycles. The maximum atomic E-state index is 13.1. The fourth-order valence-corrected chi connectivity index (χ4v) is 3.86. The Morgan fingerprint density at radius 1 is 1.43 bits per heavy atom. The van der Waals surface area contributed by atoms with E-state index in [0.717, 1.165) is 16.4 Å². The number of Topliss-reactive ketones (excluding diaryl/α,β-unsaturated/α-hetero) is 1. The van der Waals surface area contributed by atoms with Gasteiger partial charge in [-0.15, -0.1) is 0 Å². The van der Waals surface area contributed by atoms with Gasteiger partial charge >= 0.3 is 0 Å². The van der Waals surface area contributed by atoms with Crippen LogP contribution in [0.3, 0.4) is 0 Å². The molecule has 0 bridgehead atoms. The van der Waals surface area contributed by atoms with Crippen LogP contribution in [0.1, 0.15) is 13.3 Å². The van der Waals surface area contributed by atoms with Crippen LogP contribution in [0.4, 0.5) is 10.1 Å². The number of piperidine rings is 1. The number of halogens is 1. The third-order valence-electron chi connectivity index (χ3n) is 3.37. The summed E-state index contributed by atoms with van der Waals surface area (Å²) in [5, 5.41) is 10.9. The van der Waals surface area contributed by atoms with Crippen LogP contribution >= 0.6 is 0 Å². The summed E-state index contributed by atoms with van der Waals surface area (Å²) in [6.45, 7) is 1.54. The highest BCUT2D eigenvalue weighted by Gasteiger charge is 2.36. The van der Waals surface area contributed by atoms with Crippen LogP contribution in [0.25, 0.3) is 0 Å². The number of carbonyl (C=O) groups is 1. The molecule has 0 N–H and O–H groups in total. The Balaban J connectivity index is 2.45. The molecule has 0 saturated carbocycles. The summed E-state index contributed by atoms with van der Waals surface area (Å²) < 4.78 is 39.0. The average molecular weight is 316 g/mol. The molecule has 1 atom stereocenters. The maximum Gasteiger partial charge on any atom is 0.292 e. The second-order valence-electron chi connectivity index (χ2n) is 4.85. The van der Waals surface area contributed by atoms with E-state index in [-0.39, 0.29) is 25.3 Å². The van der Waals surface area contributed by atoms with Gasteiger partial charge in [0.05, 0.1) is 11.0 Å². The standard InChI is InChI=1S/C12H13FN2O5S/c1-8-7-14(5-4-11(8)16)21(19,20)12-3-2-9(13)6-10(12)15(17)18/h2-3,6,8H,4-5,7H2,1H3. The Bertz CT molecular complexity index is 704. The molecule has 1 aromatic rings. The summed E-state index contributed by atoms with van der Waals surface area (Å²) >= 11 is 0. The van der Waals surface area contributed by atoms with Gasteiger partial charge in [-0.05, 0) is 12.1 Å². The molecule has 1 saturated heterocycles. The number of sulfonamides is 1. The molecule has 1 aliphatic heterocycles. The van der Waals surface area contributed by atoms with Crippen molar-refractivity contribution in [2.45, 2.75) is 18.2 Å². The van der Waals surface area contributed by atoms with Gasteiger partial charge in [0.15, 0.2) is 4.90 Å². The molecule has 0 spiro atoms. The van der Waals surface area contributed by atoms with Crippen LogP contribution in [0.15, 0.2) is 23.1 Å². The average Bonchev–Trinajstić information content (AvgIpc) is 2.41. The van der Waals surface area contributed by atoms with Crippen LogP contribution in [0.2, 0.25) is 0 Å². The Kier molecular flexibility index (Phi) is 4.06. The van der Waals surface area contributed by atoms with Crippen LogP contribution in [0.5, 0.6) is 0 Å². The van der Waals surface area contributed by atoms with Gasteiger partial charge in [-0.3, -0.25) is 14.9 Å². The lowest BCUT2D eigenvalue weighted by atomic mass is 10.0. The van der Waals surface area contributed by atoms with Crippen molar-refractivity contribution in [2.75, 3.05) is 13.1 Å². The van der Waals surface area contributed by atoms with E-state index in [0.29, 0.717) is 6.07 Å². The normalized spacial score (nSPS) is 20.5. The topological polar surface area (TPSA) is 97.6 Å². The molecule has 1 unspecified atom stereocenters. The van der Waals surface area contributed by atoms with Crippen molar-refractivity contribution in [1.82, 2.24) is 4.31 Å². The molecule has 1 aliphatic rings. The lowest BCUT2D eigenvalue weighted by molar-refractivity contribution is -0.388. The molecule has 0 radical (unpaired) electrons. The van der Waals surface area contributed by atoms with Crippen molar-refractivity contribution < 1.29 is 22.5 Å². The van der Waals surface area contributed by atoms with Gasteiger partial charge < -0.3 is 0 Å². The number of hydrogen-bond acceptors (Lipinski definition) is 5. The minimum Gasteiger partial charge on any atom is -0.299 e. The number of nitro benzene ring substituents is 1. The highest BCUT2D eigenvalue weighted by atomic mass is 32.2. The van der Waals surface area contributed by atoms with E-state index >= 15 is 0 Å². The van der Waals surface area contributed by atoms with E-state index in [9.17, 15) is 27.7 Å². The first-order valence-electron chi connectivity index (χ1n) is 6.20. The summed E-state index contributed by atoms with van der Waals surface area (Å²) in [6.07, 6.45) is 0.0649. The fraction of sp³-hybridized carbons (Fsp3) is 0.417. The predicted octanol–water partition coefficient (Wildman–Crippen LogP) is 1.33. The molecule has 21 heavy (non-hydrogen) atoms. The zero-order valence-corrected chi connectivity index (χ0v) is 12.0. The zero-order chi connectivity index (χ0) is 15.8. The highest BCUT2D eigenvalue weighted by molar-refractivity contribution is 7.89. The maximum absolute atomic E-state index is 13.1. The van der Waals surface area contributed by atoms with Gasteiger partial charge in [0.2, 0.25) is 10.0 Å². The fourth-order valence-electron chi connectivity index (χ4n) is 2.19. The van der Waals surface area contributed by atoms with Crippen LogP contribution in [0, 0.1) is 21.8 Å². The van der Waals surface area contributed by atoms with Gasteiger partial charge in [-0.2, -0.15) is 4.31 Å². The largest absolute Gasteiger partial charge is 0.299 e. The number of benzene rings is 1. The molecule has 9 heteroatoms. The summed E-state index contributed by atoms with van der Waals surface area (Å²) in [7, 11) is -4.14. The third kappa shape index (κ3) is 2.93. The van der Waals surface area contributed by atoms with Gasteiger partial charge in [-0.1, -0.05) is 6.92 Å². The van der Waals surface area contributed by atoms with Crippen molar-refractivity contribution in [2.24, 2.45) is 5.92 Å². The molecular formula is C12H13FN2O5S. The molecule has 0 aliphatic carbocycles. The number of nitrogens with zero attached hydrogens (tertiary/aromatic N) is 2. The molecular weight excluding hydrogens is 303 g/mol. The van der Waals surface area contributed by atoms with Gasteiger partial charge in [-0.25, -0.2) is 12.8 Å². The van der Waals surface area contributed by atoms with Crippen molar-refractivity contribution in [3.63, 3.8) is 0 Å². The molecule has 7 nitrogen and oxygen atoms in total. The smallest absolute Gasteiger partial charge is 0.292 e. The molecule has 1 fully saturated rings. The summed E-state index contributed by atoms with van der Waals surface area (Å²) in [4.78, 5) is 20.9. The predicted molar refractivity (Wildman–Crippen MR) is 70.6 cm³/mol. The summed E-state index contributed by atoms with van der Waals surface area (Å²) in [6, 6.07) is 2.31. The zero-order valence-electron chi connectivity index (χ0n) is 11.2. The lowest BCUT2D eigenvalue weighted by Crippen LogP contribution is -2.43. The van der Waals surface area contributed by atoms with Gasteiger partial charge in [0, 0.05) is 25.4 Å². The van der Waals surface area contributed by atoms with Crippen LogP contribution in [-0.2, 0) is 14.8 Å². The minimum absolute atomic E-state index is 0.0277. The summed E-state index contributed by atoms with van der Waals surface area (Å²) in [5.74, 6) is -1.40. The van der Waals surface area contributed by atoms with Crippen molar-refractivity contribution in [1.29, 1.82) is 0 Å². The Morgan fingerprint density at radius 3 is 2.67 bits per heavy atom. The van der Waals surface area contributed by atoms with E-state index in [4.69, 9.17) is 0 Å². The molecule has 1 heterocycles. The van der Waals surface area contributed by atoms with Crippen molar-refractivity contribution in [3.05, 3.63) is 34.1 Å². The molecule has 2 rings (SSSR count). The Labute approximate surface area is 120 Å². The molecule has 0 amide bonds. The molecule has 0 aromatic heterocycles. The van der Waals surface area contributed by atoms with Crippen LogP contribution in [-0.4, -0.2) is 36.5 Å². The number of hydrogen-bond donors (Lipinski definition) is 0. The number of ketones is 1. The Morgan fingerprint density at radius 2 is 2.10 bits per heavy atom. The first-order valence-corrected chi connectivity index (χ1v) is 7.64. The van der Waals surface area contributed by atoms with E-state index < -0.39 is 37.3 Å². The number of carbonyl (C=O) groups excluding carboxylic acids is 1. The quantitative estimate of drug-likeness (QED) is 0.619. The monoisotopic (exact) mass is 316 g/mol. The third-order valence-corrected chi connectivity index (χ3v) is 5.28. The van der Waals surface area contributed by atoms with Gasteiger partial charge in [0.1, 0.15) is 11.6 Å². The first-order chi connectivity index (χ1) is 9.73. The highest BCUT2D eigenvalue weighted by Crippen LogP contribution is 2.29. The summed E-state index contributed by atoms with van der Waals surface area (Å²) in [5.41, 5.74) is -0.806. The number of nitro groups is 1. The lowest BCUT2D eigenvalue weighted by Gasteiger charge is -2.28. The minimum atomic E-state index is -4.14. The first kappa shape index (κ1) is 15.5. The van der Waals surface area contributed by atoms with Crippen LogP contribution < -0.4 is 0 Å². The van der Waals surface area contributed by atoms with E-state index in [2.05, 4.69) is 0 Å². The van der Waals surface area contributed by atoms with Crippen molar-refractivity contribution in [3.8, 4) is 0 Å². The molecule has 114 valence electrons. The Hall–Kier alpha value is -1.87. The van der Waals surface area contributed by atoms with E-state index in [1.807, 2.05) is 0 Å². The van der Waals surface area contributed by atoms with E-state index in [1.165, 1.54) is 0 Å². The van der Waals surface area contributed by atoms with E-state index in [1.54, 1.807) is 6.92 Å². The second kappa shape index (κ2) is 5.49. The second-order valence-corrected chi connectivity index (χ2v) is 6.76. The van der Waals surface area contributed by atoms with Crippen molar-refractivity contribution >= 4 is 21.5 Å². The number of rotatable bonds is 3.